The molecule has 1 rings (SSSR count). The molecule has 1 atom stereocenters. The monoisotopic (exact) mass is 177 g/mol. The van der Waals surface area contributed by atoms with Gasteiger partial charge in [0.25, 0.3) is 0 Å². The maximum Gasteiger partial charge on any atom is 0.0991 e. The lowest BCUT2D eigenvalue weighted by atomic mass is 10.0. The molecule has 13 heavy (non-hydrogen) atoms. The van der Waals surface area contributed by atoms with Gasteiger partial charge in [-0.15, -0.1) is 0 Å². The highest BCUT2D eigenvalue weighted by atomic mass is 16.3. The van der Waals surface area contributed by atoms with Gasteiger partial charge in [-0.3, -0.25) is 0 Å². The number of aliphatic hydroxyl groups excluding tert-OH is 1. The van der Waals surface area contributed by atoms with E-state index in [1.165, 1.54) is 0 Å². The zero-order valence-electron chi connectivity index (χ0n) is 7.07. The molecule has 68 valence electrons. The van der Waals surface area contributed by atoms with E-state index in [1.54, 1.807) is 18.2 Å². The van der Waals surface area contributed by atoms with Crippen molar-refractivity contribution in [1.82, 2.24) is 0 Å². The predicted molar refractivity (Wildman–Crippen MR) is 49.6 cm³/mol. The third-order valence-electron chi connectivity index (χ3n) is 1.81. The van der Waals surface area contributed by atoms with Crippen LogP contribution in [0.5, 0.6) is 0 Å². The molecule has 0 saturated heterocycles. The van der Waals surface area contributed by atoms with Gasteiger partial charge < -0.3 is 16.6 Å². The van der Waals surface area contributed by atoms with Crippen LogP contribution >= 0.6 is 0 Å². The van der Waals surface area contributed by atoms with Crippen molar-refractivity contribution in [3.63, 3.8) is 0 Å². The number of nitrogen functional groups attached to an aromatic ring is 1. The summed E-state index contributed by atoms with van der Waals surface area (Å²) in [7, 11) is 0. The SMILES string of the molecule is N#Cc1ccc(N)c([C@@H](N)CO)c1. The minimum absolute atomic E-state index is 0.181. The molecule has 0 radical (unpaired) electrons. The lowest BCUT2D eigenvalue weighted by Gasteiger charge is -2.11. The molecule has 4 nitrogen and oxygen atoms in total. The number of nitriles is 1. The Morgan fingerprint density at radius 3 is 2.77 bits per heavy atom. The molecule has 0 aromatic heterocycles. The molecule has 4 heteroatoms. The Hall–Kier alpha value is -1.57. The summed E-state index contributed by atoms with van der Waals surface area (Å²) < 4.78 is 0. The van der Waals surface area contributed by atoms with Gasteiger partial charge in [-0.25, -0.2) is 0 Å². The van der Waals surface area contributed by atoms with Gasteiger partial charge in [-0.2, -0.15) is 5.26 Å². The van der Waals surface area contributed by atoms with Gasteiger partial charge in [0.2, 0.25) is 0 Å². The van der Waals surface area contributed by atoms with Gasteiger partial charge in [0, 0.05) is 5.69 Å². The highest BCUT2D eigenvalue weighted by Gasteiger charge is 2.08. The van der Waals surface area contributed by atoms with E-state index < -0.39 is 6.04 Å². The number of nitrogens with zero attached hydrogens (tertiary/aromatic N) is 1. The number of benzene rings is 1. The van der Waals surface area contributed by atoms with Crippen molar-refractivity contribution < 1.29 is 5.11 Å². The quantitative estimate of drug-likeness (QED) is 0.559. The van der Waals surface area contributed by atoms with Crippen LogP contribution in [-0.2, 0) is 0 Å². The van der Waals surface area contributed by atoms with E-state index in [2.05, 4.69) is 0 Å². The molecule has 0 amide bonds. The third-order valence-corrected chi connectivity index (χ3v) is 1.81. The number of nitrogens with two attached hydrogens (primary N) is 2. The largest absolute Gasteiger partial charge is 0.398 e. The first kappa shape index (κ1) is 9.52. The minimum atomic E-state index is -0.520. The molecule has 0 spiro atoms. The second-order valence-electron chi connectivity index (χ2n) is 2.74. The summed E-state index contributed by atoms with van der Waals surface area (Å²) in [5, 5.41) is 17.4. The van der Waals surface area contributed by atoms with Crippen LogP contribution in [-0.4, -0.2) is 11.7 Å². The van der Waals surface area contributed by atoms with Crippen LogP contribution in [0.1, 0.15) is 17.2 Å². The Balaban J connectivity index is 3.12. The van der Waals surface area contributed by atoms with Gasteiger partial charge in [-0.05, 0) is 23.8 Å². The van der Waals surface area contributed by atoms with E-state index >= 15 is 0 Å². The molecule has 0 saturated carbocycles. The van der Waals surface area contributed by atoms with Gasteiger partial charge in [-0.1, -0.05) is 0 Å². The van der Waals surface area contributed by atoms with Crippen LogP contribution in [0.25, 0.3) is 0 Å². The van der Waals surface area contributed by atoms with Crippen LogP contribution in [0.15, 0.2) is 18.2 Å². The number of aliphatic hydroxyl groups is 1. The number of rotatable bonds is 2. The molecule has 0 aliphatic rings. The molecular weight excluding hydrogens is 166 g/mol. The number of hydrogen-bond acceptors (Lipinski definition) is 4. The van der Waals surface area contributed by atoms with Crippen molar-refractivity contribution in [1.29, 1.82) is 5.26 Å². The lowest BCUT2D eigenvalue weighted by Crippen LogP contribution is -2.16. The van der Waals surface area contributed by atoms with Crippen molar-refractivity contribution in [2.24, 2.45) is 5.73 Å². The molecule has 1 aromatic carbocycles. The van der Waals surface area contributed by atoms with Crippen molar-refractivity contribution in [3.8, 4) is 6.07 Å². The Morgan fingerprint density at radius 1 is 1.54 bits per heavy atom. The highest BCUT2D eigenvalue weighted by molar-refractivity contribution is 5.52. The van der Waals surface area contributed by atoms with E-state index in [9.17, 15) is 0 Å². The number of anilines is 1. The molecule has 0 aliphatic heterocycles. The molecule has 0 unspecified atom stereocenters. The molecular formula is C9H11N3O. The highest BCUT2D eigenvalue weighted by Crippen LogP contribution is 2.19. The Kier molecular flexibility index (Phi) is 2.85. The van der Waals surface area contributed by atoms with Crippen LogP contribution in [0.3, 0.4) is 0 Å². The smallest absolute Gasteiger partial charge is 0.0991 e. The van der Waals surface area contributed by atoms with Gasteiger partial charge in [0.15, 0.2) is 0 Å². The van der Waals surface area contributed by atoms with E-state index in [0.29, 0.717) is 16.8 Å². The third kappa shape index (κ3) is 1.96. The first-order valence-electron chi connectivity index (χ1n) is 3.85. The van der Waals surface area contributed by atoms with Crippen LogP contribution in [0.4, 0.5) is 5.69 Å². The van der Waals surface area contributed by atoms with Crippen LogP contribution in [0, 0.1) is 11.3 Å². The van der Waals surface area contributed by atoms with Gasteiger partial charge in [0.1, 0.15) is 0 Å². The first-order chi connectivity index (χ1) is 6.19. The van der Waals surface area contributed by atoms with E-state index in [0.717, 1.165) is 0 Å². The summed E-state index contributed by atoms with van der Waals surface area (Å²) in [4.78, 5) is 0. The zero-order chi connectivity index (χ0) is 9.84. The summed E-state index contributed by atoms with van der Waals surface area (Å²) in [6, 6.07) is 6.28. The molecule has 0 bridgehead atoms. The fourth-order valence-electron chi connectivity index (χ4n) is 1.06. The van der Waals surface area contributed by atoms with E-state index in [1.807, 2.05) is 6.07 Å². The topological polar surface area (TPSA) is 96.1 Å². The number of hydrogen-bond donors (Lipinski definition) is 3. The predicted octanol–water partition coefficient (Wildman–Crippen LogP) is 0.133. The summed E-state index contributed by atoms with van der Waals surface area (Å²) in [6.07, 6.45) is 0. The van der Waals surface area contributed by atoms with Gasteiger partial charge >= 0.3 is 0 Å². The fourth-order valence-corrected chi connectivity index (χ4v) is 1.06. The minimum Gasteiger partial charge on any atom is -0.398 e. The molecule has 0 fully saturated rings. The molecule has 1 aromatic rings. The average molecular weight is 177 g/mol. The van der Waals surface area contributed by atoms with Gasteiger partial charge in [0.05, 0.1) is 24.3 Å². The van der Waals surface area contributed by atoms with Crippen LogP contribution < -0.4 is 11.5 Å². The maximum atomic E-state index is 8.81. The summed E-state index contributed by atoms with van der Waals surface area (Å²) in [5.41, 5.74) is 12.8. The standard InChI is InChI=1S/C9H11N3O/c10-4-6-1-2-8(11)7(3-6)9(12)5-13/h1-3,9,13H,5,11-12H2/t9-/m0/s1. The molecule has 5 N–H and O–H groups in total. The second kappa shape index (κ2) is 3.90. The van der Waals surface area contributed by atoms with Crippen molar-refractivity contribution in [2.45, 2.75) is 6.04 Å². The first-order valence-corrected chi connectivity index (χ1v) is 3.85. The lowest BCUT2D eigenvalue weighted by molar-refractivity contribution is 0.268. The molecule has 0 heterocycles. The Bertz CT molecular complexity index is 343. The maximum absolute atomic E-state index is 8.81. The normalized spacial score (nSPS) is 12.1. The average Bonchev–Trinajstić information content (AvgIpc) is 2.17. The van der Waals surface area contributed by atoms with E-state index in [-0.39, 0.29) is 6.61 Å². The Labute approximate surface area is 76.4 Å². The fraction of sp³-hybridized carbons (Fsp3) is 0.222. The Morgan fingerprint density at radius 2 is 2.23 bits per heavy atom. The zero-order valence-corrected chi connectivity index (χ0v) is 7.07. The van der Waals surface area contributed by atoms with Crippen LogP contribution in [0.2, 0.25) is 0 Å². The summed E-state index contributed by atoms with van der Waals surface area (Å²) in [5.74, 6) is 0. The van der Waals surface area contributed by atoms with Crippen molar-refractivity contribution >= 4 is 5.69 Å². The second-order valence-corrected chi connectivity index (χ2v) is 2.74. The molecule has 0 aliphatic carbocycles. The van der Waals surface area contributed by atoms with Crippen molar-refractivity contribution in [3.05, 3.63) is 29.3 Å². The van der Waals surface area contributed by atoms with E-state index in [4.69, 9.17) is 21.8 Å². The summed E-state index contributed by atoms with van der Waals surface area (Å²) in [6.45, 7) is -0.181. The summed E-state index contributed by atoms with van der Waals surface area (Å²) >= 11 is 0. The van der Waals surface area contributed by atoms with Crippen molar-refractivity contribution in [2.75, 3.05) is 12.3 Å².